The molecule has 6 heterocycles. The van der Waals surface area contributed by atoms with Crippen molar-refractivity contribution in [2.45, 2.75) is 12.5 Å². The third-order valence-electron chi connectivity index (χ3n) is 6.51. The van der Waals surface area contributed by atoms with Crippen molar-refractivity contribution in [1.82, 2.24) is 34.4 Å². The Morgan fingerprint density at radius 1 is 1.11 bits per heavy atom. The van der Waals surface area contributed by atoms with Gasteiger partial charge in [-0.1, -0.05) is 12.1 Å². The normalized spacial score (nSPS) is 15.5. The Morgan fingerprint density at radius 3 is 2.92 bits per heavy atom. The minimum absolute atomic E-state index is 0.126. The number of oxazole rings is 1. The minimum Gasteiger partial charge on any atom is -0.438 e. The Bertz CT molecular complexity index is 1750. The molecule has 0 fully saturated rings. The molecule has 1 amide bonds. The van der Waals surface area contributed by atoms with Gasteiger partial charge in [0.1, 0.15) is 5.52 Å². The summed E-state index contributed by atoms with van der Waals surface area (Å²) < 4.78 is 22.0. The summed E-state index contributed by atoms with van der Waals surface area (Å²) in [5.74, 6) is -0.507. The van der Waals surface area contributed by atoms with Crippen molar-refractivity contribution in [3.05, 3.63) is 102 Å². The lowest BCUT2D eigenvalue weighted by Gasteiger charge is -2.32. The number of nitrogens with zero attached hydrogens (tertiary/aromatic N) is 6. The first-order valence-electron chi connectivity index (χ1n) is 11.4. The molecule has 9 nitrogen and oxygen atoms in total. The smallest absolute Gasteiger partial charge is 0.258 e. The maximum atomic E-state index is 14.4. The molecule has 36 heavy (non-hydrogen) atoms. The number of hydrogen-bond donors (Lipinski definition) is 1. The molecule has 1 N–H and O–H groups in total. The molecule has 0 aliphatic carbocycles. The zero-order chi connectivity index (χ0) is 24.2. The number of H-pyrrole nitrogens is 1. The molecule has 1 atom stereocenters. The molecule has 0 saturated carbocycles. The topological polar surface area (TPSA) is 105 Å². The van der Waals surface area contributed by atoms with E-state index in [1.165, 1.54) is 6.07 Å². The predicted molar refractivity (Wildman–Crippen MR) is 128 cm³/mol. The number of hydrogen-bond acceptors (Lipinski definition) is 6. The molecule has 0 spiro atoms. The number of rotatable bonds is 3. The number of benzene rings is 1. The van der Waals surface area contributed by atoms with Crippen LogP contribution in [0.25, 0.3) is 27.9 Å². The molecular weight excluding hydrogens is 461 g/mol. The van der Waals surface area contributed by atoms with Crippen LogP contribution in [0.3, 0.4) is 0 Å². The fraction of sp³-hybridized carbons (Fsp3) is 0.115. The summed E-state index contributed by atoms with van der Waals surface area (Å²) in [5, 5.41) is 4.43. The monoisotopic (exact) mass is 479 g/mol. The van der Waals surface area contributed by atoms with Crippen LogP contribution in [-0.4, -0.2) is 46.9 Å². The Morgan fingerprint density at radius 2 is 2.06 bits per heavy atom. The summed E-state index contributed by atoms with van der Waals surface area (Å²) in [7, 11) is 0. The first kappa shape index (κ1) is 20.5. The zero-order valence-corrected chi connectivity index (χ0v) is 18.8. The molecule has 5 aromatic heterocycles. The molecule has 10 heteroatoms. The van der Waals surface area contributed by atoms with E-state index in [1.54, 1.807) is 40.3 Å². The lowest BCUT2D eigenvalue weighted by atomic mass is 10.0. The summed E-state index contributed by atoms with van der Waals surface area (Å²) in [6, 6.07) is 13.3. The van der Waals surface area contributed by atoms with E-state index in [9.17, 15) is 9.18 Å². The van der Waals surface area contributed by atoms with Crippen molar-refractivity contribution in [3.8, 4) is 11.3 Å². The van der Waals surface area contributed by atoms with Crippen LogP contribution in [0, 0.1) is 5.82 Å². The second-order valence-electron chi connectivity index (χ2n) is 8.58. The van der Waals surface area contributed by atoms with Crippen LogP contribution in [0.5, 0.6) is 0 Å². The molecule has 1 aromatic carbocycles. The van der Waals surface area contributed by atoms with Gasteiger partial charge in [0.2, 0.25) is 5.89 Å². The van der Waals surface area contributed by atoms with E-state index >= 15 is 0 Å². The van der Waals surface area contributed by atoms with Crippen LogP contribution in [0.2, 0.25) is 0 Å². The Kier molecular flexibility index (Phi) is 4.47. The summed E-state index contributed by atoms with van der Waals surface area (Å²) in [6.45, 7) is 0.406. The van der Waals surface area contributed by atoms with Crippen molar-refractivity contribution in [2.75, 3.05) is 6.54 Å². The molecule has 0 bridgehead atoms. The number of nitrogens with one attached hydrogen (secondary N) is 1. The van der Waals surface area contributed by atoms with E-state index in [0.717, 1.165) is 17.0 Å². The standard InChI is InChI=1S/C26H18FN7O2/c27-17-4-3-6-21-22(17)32-25(36-21)24-23-19(29-14-30-23)9-11-33(24)26(35)16-12-31-34-13-15(7-8-20(16)34)18-5-1-2-10-28-18/h1-8,10,12-14,24H,9,11H2,(H,29,30)/t24-/m0/s1. The van der Waals surface area contributed by atoms with Gasteiger partial charge >= 0.3 is 0 Å². The number of halogens is 1. The van der Waals surface area contributed by atoms with Crippen LogP contribution in [-0.2, 0) is 6.42 Å². The van der Waals surface area contributed by atoms with Gasteiger partial charge in [-0.25, -0.2) is 18.9 Å². The van der Waals surface area contributed by atoms with Crippen molar-refractivity contribution < 1.29 is 13.6 Å². The van der Waals surface area contributed by atoms with Crippen molar-refractivity contribution in [2.24, 2.45) is 0 Å². The second-order valence-corrected chi connectivity index (χ2v) is 8.58. The van der Waals surface area contributed by atoms with E-state index in [-0.39, 0.29) is 17.3 Å². The SMILES string of the molecule is O=C(c1cnn2cc(-c3ccccn3)ccc12)N1CCc2[nH]cnc2[C@H]1c1nc2c(F)cccc2o1. The fourth-order valence-electron chi connectivity index (χ4n) is 4.78. The van der Waals surface area contributed by atoms with Gasteiger partial charge < -0.3 is 14.3 Å². The highest BCUT2D eigenvalue weighted by atomic mass is 19.1. The summed E-state index contributed by atoms with van der Waals surface area (Å²) in [4.78, 5) is 32.0. The average Bonchev–Trinajstić information content (AvgIpc) is 3.66. The number of aromatic amines is 1. The zero-order valence-electron chi connectivity index (χ0n) is 18.8. The highest BCUT2D eigenvalue weighted by molar-refractivity contribution is 6.01. The lowest BCUT2D eigenvalue weighted by molar-refractivity contribution is 0.0669. The highest BCUT2D eigenvalue weighted by Gasteiger charge is 2.38. The first-order valence-corrected chi connectivity index (χ1v) is 11.4. The third kappa shape index (κ3) is 3.11. The molecule has 7 rings (SSSR count). The quantitative estimate of drug-likeness (QED) is 0.408. The van der Waals surface area contributed by atoms with Gasteiger partial charge in [-0.2, -0.15) is 5.10 Å². The number of amides is 1. The van der Waals surface area contributed by atoms with Crippen LogP contribution < -0.4 is 0 Å². The van der Waals surface area contributed by atoms with Crippen LogP contribution in [0.15, 0.2) is 77.9 Å². The molecule has 176 valence electrons. The van der Waals surface area contributed by atoms with Crippen molar-refractivity contribution in [1.29, 1.82) is 0 Å². The maximum Gasteiger partial charge on any atom is 0.258 e. The molecule has 0 unspecified atom stereocenters. The molecule has 0 radical (unpaired) electrons. The highest BCUT2D eigenvalue weighted by Crippen LogP contribution is 2.36. The van der Waals surface area contributed by atoms with Gasteiger partial charge in [0.25, 0.3) is 5.91 Å². The minimum atomic E-state index is -0.706. The number of fused-ring (bicyclic) bond motifs is 3. The van der Waals surface area contributed by atoms with Gasteiger partial charge in [0.15, 0.2) is 17.4 Å². The van der Waals surface area contributed by atoms with Crippen LogP contribution >= 0.6 is 0 Å². The Balaban J connectivity index is 1.31. The number of para-hydroxylation sites is 1. The number of imidazole rings is 1. The van der Waals surface area contributed by atoms with Crippen LogP contribution in [0.4, 0.5) is 4.39 Å². The average molecular weight is 479 g/mol. The van der Waals surface area contributed by atoms with Gasteiger partial charge in [-0.05, 0) is 36.4 Å². The molecule has 0 saturated heterocycles. The number of aromatic nitrogens is 6. The summed E-state index contributed by atoms with van der Waals surface area (Å²) in [5.41, 5.74) is 4.77. The lowest BCUT2D eigenvalue weighted by Crippen LogP contribution is -2.41. The number of carbonyl (C=O) groups is 1. The first-order chi connectivity index (χ1) is 17.7. The molecule has 1 aliphatic rings. The van der Waals surface area contributed by atoms with Gasteiger partial charge in [-0.3, -0.25) is 9.78 Å². The summed E-state index contributed by atoms with van der Waals surface area (Å²) in [6.07, 6.45) is 7.31. The molecule has 6 aromatic rings. The van der Waals surface area contributed by atoms with E-state index in [4.69, 9.17) is 4.42 Å². The summed E-state index contributed by atoms with van der Waals surface area (Å²) >= 11 is 0. The number of pyridine rings is 2. The van der Waals surface area contributed by atoms with E-state index < -0.39 is 11.9 Å². The molecular formula is C26H18FN7O2. The molecule has 1 aliphatic heterocycles. The van der Waals surface area contributed by atoms with E-state index in [0.29, 0.717) is 35.3 Å². The largest absolute Gasteiger partial charge is 0.438 e. The third-order valence-corrected chi connectivity index (χ3v) is 6.51. The van der Waals surface area contributed by atoms with Crippen molar-refractivity contribution >= 4 is 22.5 Å². The van der Waals surface area contributed by atoms with Gasteiger partial charge in [0.05, 0.1) is 35.0 Å². The fourth-order valence-corrected chi connectivity index (χ4v) is 4.78. The second kappa shape index (κ2) is 7.84. The predicted octanol–water partition coefficient (Wildman–Crippen LogP) is 4.19. The van der Waals surface area contributed by atoms with E-state index in [2.05, 4.69) is 25.0 Å². The Labute approximate surface area is 203 Å². The maximum absolute atomic E-state index is 14.4. The van der Waals surface area contributed by atoms with Crippen molar-refractivity contribution in [3.63, 3.8) is 0 Å². The van der Waals surface area contributed by atoms with Gasteiger partial charge in [0, 0.05) is 36.6 Å². The van der Waals surface area contributed by atoms with E-state index in [1.807, 2.05) is 36.5 Å². The Hall–Kier alpha value is -4.86. The van der Waals surface area contributed by atoms with Crippen LogP contribution in [0.1, 0.15) is 33.7 Å². The number of carbonyl (C=O) groups excluding carboxylic acids is 1. The van der Waals surface area contributed by atoms with Gasteiger partial charge in [-0.15, -0.1) is 0 Å².